The monoisotopic (exact) mass is 373 g/mol. The Morgan fingerprint density at radius 2 is 2.15 bits per heavy atom. The van der Waals surface area contributed by atoms with Crippen molar-refractivity contribution in [1.82, 2.24) is 10.2 Å². The number of benzene rings is 1. The van der Waals surface area contributed by atoms with Crippen LogP contribution in [0.4, 0.5) is 5.13 Å². The Bertz CT molecular complexity index is 574. The summed E-state index contributed by atoms with van der Waals surface area (Å²) in [6, 6.07) is 7.29. The maximum atomic E-state index is 11.7. The highest BCUT2D eigenvalue weighted by atomic mass is 79.9. The number of thioether (sulfide) groups is 1. The molecule has 0 unspecified atom stereocenters. The first-order valence-corrected chi connectivity index (χ1v) is 8.41. The van der Waals surface area contributed by atoms with E-state index in [0.717, 1.165) is 14.6 Å². The van der Waals surface area contributed by atoms with E-state index in [9.17, 15) is 4.79 Å². The molecule has 106 valence electrons. The lowest BCUT2D eigenvalue weighted by atomic mass is 10.3. The van der Waals surface area contributed by atoms with Crippen molar-refractivity contribution in [3.63, 3.8) is 0 Å². The maximum absolute atomic E-state index is 11.7. The van der Waals surface area contributed by atoms with Crippen molar-refractivity contribution in [1.29, 1.82) is 0 Å². The van der Waals surface area contributed by atoms with Crippen LogP contribution in [0.5, 0.6) is 5.75 Å². The molecular weight excluding hydrogens is 362 g/mol. The third-order valence-electron chi connectivity index (χ3n) is 2.10. The number of aromatic nitrogens is 2. The Morgan fingerprint density at radius 3 is 2.85 bits per heavy atom. The van der Waals surface area contributed by atoms with Crippen LogP contribution in [0.3, 0.4) is 0 Å². The van der Waals surface area contributed by atoms with E-state index in [1.54, 1.807) is 23.9 Å². The van der Waals surface area contributed by atoms with Gasteiger partial charge in [-0.15, -0.1) is 10.2 Å². The van der Waals surface area contributed by atoms with Gasteiger partial charge in [0.2, 0.25) is 5.13 Å². The quantitative estimate of drug-likeness (QED) is 0.620. The SMILES string of the molecule is CCSc1nnc(NC(=O)COc2ccc(Br)cc2)s1. The van der Waals surface area contributed by atoms with Crippen LogP contribution >= 0.6 is 39.0 Å². The van der Waals surface area contributed by atoms with Gasteiger partial charge >= 0.3 is 0 Å². The van der Waals surface area contributed by atoms with Crippen molar-refractivity contribution in [2.75, 3.05) is 17.7 Å². The summed E-state index contributed by atoms with van der Waals surface area (Å²) in [6.07, 6.45) is 0. The highest BCUT2D eigenvalue weighted by molar-refractivity contribution is 9.10. The van der Waals surface area contributed by atoms with Gasteiger partial charge in [0.1, 0.15) is 5.75 Å². The van der Waals surface area contributed by atoms with Gasteiger partial charge in [0.05, 0.1) is 0 Å². The van der Waals surface area contributed by atoms with Crippen LogP contribution < -0.4 is 10.1 Å². The Labute approximate surface area is 133 Å². The topological polar surface area (TPSA) is 64.1 Å². The molecule has 0 radical (unpaired) electrons. The third kappa shape index (κ3) is 4.77. The summed E-state index contributed by atoms with van der Waals surface area (Å²) in [5.41, 5.74) is 0. The van der Waals surface area contributed by atoms with E-state index < -0.39 is 0 Å². The Hall–Kier alpha value is -1.12. The number of carbonyl (C=O) groups excluding carboxylic acids is 1. The molecule has 5 nitrogen and oxygen atoms in total. The molecule has 0 spiro atoms. The molecule has 1 aromatic carbocycles. The molecular formula is C12H12BrN3O2S2. The molecule has 0 aliphatic rings. The zero-order valence-electron chi connectivity index (χ0n) is 10.6. The summed E-state index contributed by atoms with van der Waals surface area (Å²) in [5.74, 6) is 1.31. The summed E-state index contributed by atoms with van der Waals surface area (Å²) in [7, 11) is 0. The van der Waals surface area contributed by atoms with Gasteiger partial charge in [-0.2, -0.15) is 0 Å². The number of amides is 1. The van der Waals surface area contributed by atoms with Gasteiger partial charge in [-0.1, -0.05) is 46.0 Å². The van der Waals surface area contributed by atoms with Crippen molar-refractivity contribution < 1.29 is 9.53 Å². The van der Waals surface area contributed by atoms with Gasteiger partial charge in [0.25, 0.3) is 5.91 Å². The van der Waals surface area contributed by atoms with E-state index in [1.165, 1.54) is 11.3 Å². The Morgan fingerprint density at radius 1 is 1.40 bits per heavy atom. The first-order chi connectivity index (χ1) is 9.67. The third-order valence-corrected chi connectivity index (χ3v) is 4.49. The number of hydrogen-bond donors (Lipinski definition) is 1. The molecule has 0 atom stereocenters. The fraction of sp³-hybridized carbons (Fsp3) is 0.250. The van der Waals surface area contributed by atoms with Gasteiger partial charge in [-0.05, 0) is 30.0 Å². The molecule has 1 N–H and O–H groups in total. The predicted octanol–water partition coefficient (Wildman–Crippen LogP) is 3.43. The molecule has 2 rings (SSSR count). The highest BCUT2D eigenvalue weighted by Gasteiger charge is 2.08. The molecule has 0 bridgehead atoms. The van der Waals surface area contributed by atoms with E-state index in [-0.39, 0.29) is 12.5 Å². The van der Waals surface area contributed by atoms with Crippen LogP contribution in [0.1, 0.15) is 6.92 Å². The summed E-state index contributed by atoms with van der Waals surface area (Å²) in [5, 5.41) is 11.0. The second kappa shape index (κ2) is 7.61. The fourth-order valence-electron chi connectivity index (χ4n) is 1.28. The summed E-state index contributed by atoms with van der Waals surface area (Å²) in [6.45, 7) is 1.98. The van der Waals surface area contributed by atoms with E-state index in [0.29, 0.717) is 10.9 Å². The molecule has 0 saturated heterocycles. The maximum Gasteiger partial charge on any atom is 0.264 e. The molecule has 0 aliphatic heterocycles. The average molecular weight is 374 g/mol. The zero-order chi connectivity index (χ0) is 14.4. The lowest BCUT2D eigenvalue weighted by Crippen LogP contribution is -2.20. The predicted molar refractivity (Wildman–Crippen MR) is 84.6 cm³/mol. The first kappa shape index (κ1) is 15.3. The van der Waals surface area contributed by atoms with Crippen molar-refractivity contribution in [2.45, 2.75) is 11.3 Å². The van der Waals surface area contributed by atoms with Gasteiger partial charge < -0.3 is 4.74 Å². The van der Waals surface area contributed by atoms with Crippen molar-refractivity contribution >= 4 is 50.1 Å². The van der Waals surface area contributed by atoms with E-state index >= 15 is 0 Å². The standard InChI is InChI=1S/C12H12BrN3O2S2/c1-2-19-12-16-15-11(20-12)14-10(17)7-18-9-5-3-8(13)4-6-9/h3-6H,2,7H2,1H3,(H,14,15,17). The number of nitrogens with one attached hydrogen (secondary N) is 1. The molecule has 0 aliphatic carbocycles. The van der Waals surface area contributed by atoms with Crippen LogP contribution in [0.25, 0.3) is 0 Å². The molecule has 2 aromatic rings. The van der Waals surface area contributed by atoms with Gasteiger partial charge in [-0.25, -0.2) is 0 Å². The zero-order valence-corrected chi connectivity index (χ0v) is 13.8. The number of nitrogens with zero attached hydrogens (tertiary/aromatic N) is 2. The van der Waals surface area contributed by atoms with Gasteiger partial charge in [0.15, 0.2) is 10.9 Å². The molecule has 0 fully saturated rings. The number of ether oxygens (including phenoxy) is 1. The fourth-order valence-corrected chi connectivity index (χ4v) is 3.21. The van der Waals surface area contributed by atoms with Gasteiger partial charge in [-0.3, -0.25) is 10.1 Å². The lowest BCUT2D eigenvalue weighted by molar-refractivity contribution is -0.118. The summed E-state index contributed by atoms with van der Waals surface area (Å²) < 4.78 is 7.17. The second-order valence-corrected chi connectivity index (χ2v) is 7.00. The highest BCUT2D eigenvalue weighted by Crippen LogP contribution is 2.24. The van der Waals surface area contributed by atoms with E-state index in [2.05, 4.69) is 31.4 Å². The van der Waals surface area contributed by atoms with Crippen molar-refractivity contribution in [3.8, 4) is 5.75 Å². The molecule has 1 amide bonds. The Kier molecular flexibility index (Phi) is 5.81. The first-order valence-electron chi connectivity index (χ1n) is 5.82. The summed E-state index contributed by atoms with van der Waals surface area (Å²) in [4.78, 5) is 11.7. The average Bonchev–Trinajstić information content (AvgIpc) is 2.86. The van der Waals surface area contributed by atoms with Crippen LogP contribution in [0.15, 0.2) is 33.1 Å². The number of carbonyl (C=O) groups is 1. The number of anilines is 1. The molecule has 0 saturated carbocycles. The molecule has 8 heteroatoms. The minimum absolute atomic E-state index is 0.0581. The normalized spacial score (nSPS) is 10.3. The van der Waals surface area contributed by atoms with Crippen molar-refractivity contribution in [2.24, 2.45) is 0 Å². The number of rotatable bonds is 6. The molecule has 20 heavy (non-hydrogen) atoms. The van der Waals surface area contributed by atoms with Crippen LogP contribution in [-0.2, 0) is 4.79 Å². The Balaban J connectivity index is 1.81. The van der Waals surface area contributed by atoms with Crippen LogP contribution in [0.2, 0.25) is 0 Å². The minimum Gasteiger partial charge on any atom is -0.484 e. The van der Waals surface area contributed by atoms with E-state index in [4.69, 9.17) is 4.74 Å². The van der Waals surface area contributed by atoms with E-state index in [1.807, 2.05) is 19.1 Å². The lowest BCUT2D eigenvalue weighted by Gasteiger charge is -2.05. The largest absolute Gasteiger partial charge is 0.484 e. The van der Waals surface area contributed by atoms with Crippen LogP contribution in [-0.4, -0.2) is 28.5 Å². The molecule has 1 aromatic heterocycles. The second-order valence-electron chi connectivity index (χ2n) is 3.60. The van der Waals surface area contributed by atoms with Crippen molar-refractivity contribution in [3.05, 3.63) is 28.7 Å². The number of hydrogen-bond acceptors (Lipinski definition) is 6. The minimum atomic E-state index is -0.253. The summed E-state index contributed by atoms with van der Waals surface area (Å²) >= 11 is 6.28. The molecule has 1 heterocycles. The van der Waals surface area contributed by atoms with Gasteiger partial charge in [0, 0.05) is 4.47 Å². The van der Waals surface area contributed by atoms with Crippen LogP contribution in [0, 0.1) is 0 Å². The smallest absolute Gasteiger partial charge is 0.264 e. The number of halogens is 1.